The van der Waals surface area contributed by atoms with Gasteiger partial charge in [0, 0.05) is 32.2 Å². The summed E-state index contributed by atoms with van der Waals surface area (Å²) in [5.41, 5.74) is -0.323. The molecule has 104 valence electrons. The van der Waals surface area contributed by atoms with E-state index in [2.05, 4.69) is 15.5 Å². The summed E-state index contributed by atoms with van der Waals surface area (Å²) in [4.78, 5) is 14.4. The third kappa shape index (κ3) is 2.86. The molecule has 0 aliphatic carbocycles. The molecule has 1 amide bonds. The number of carbonyl (C=O) groups excluding carboxylic acids is 1. The second-order valence-electron chi connectivity index (χ2n) is 6.34. The van der Waals surface area contributed by atoms with Gasteiger partial charge in [0.15, 0.2) is 0 Å². The van der Waals surface area contributed by atoms with Gasteiger partial charge in [-0.15, -0.1) is 0 Å². The van der Waals surface area contributed by atoms with E-state index in [1.807, 2.05) is 13.8 Å². The zero-order valence-corrected chi connectivity index (χ0v) is 12.0. The van der Waals surface area contributed by atoms with E-state index < -0.39 is 0 Å². The van der Waals surface area contributed by atoms with Crippen LogP contribution < -0.4 is 10.6 Å². The zero-order chi connectivity index (χ0) is 13.2. The number of carbonyl (C=O) groups is 1. The van der Waals surface area contributed by atoms with Crippen molar-refractivity contribution in [2.24, 2.45) is 5.41 Å². The van der Waals surface area contributed by atoms with Crippen LogP contribution >= 0.6 is 0 Å². The molecule has 0 spiro atoms. The molecule has 4 heteroatoms. The van der Waals surface area contributed by atoms with Gasteiger partial charge in [0.2, 0.25) is 5.91 Å². The summed E-state index contributed by atoms with van der Waals surface area (Å²) >= 11 is 0. The number of rotatable bonds is 4. The van der Waals surface area contributed by atoms with Crippen LogP contribution in [-0.4, -0.2) is 49.6 Å². The summed E-state index contributed by atoms with van der Waals surface area (Å²) in [5, 5.41) is 6.38. The monoisotopic (exact) mass is 253 g/mol. The van der Waals surface area contributed by atoms with Crippen molar-refractivity contribution in [1.29, 1.82) is 0 Å². The van der Waals surface area contributed by atoms with Crippen LogP contribution in [0.2, 0.25) is 0 Å². The molecule has 2 unspecified atom stereocenters. The van der Waals surface area contributed by atoms with Crippen molar-refractivity contribution in [2.45, 2.75) is 51.6 Å². The maximum Gasteiger partial charge on any atom is 0.226 e. The molecule has 2 aliphatic heterocycles. The van der Waals surface area contributed by atoms with Crippen LogP contribution in [0.25, 0.3) is 0 Å². The molecule has 0 saturated carbocycles. The molecule has 18 heavy (non-hydrogen) atoms. The highest BCUT2D eigenvalue weighted by atomic mass is 16.2. The van der Waals surface area contributed by atoms with Gasteiger partial charge >= 0.3 is 0 Å². The van der Waals surface area contributed by atoms with E-state index in [1.165, 1.54) is 38.8 Å². The van der Waals surface area contributed by atoms with E-state index in [0.29, 0.717) is 12.1 Å². The minimum absolute atomic E-state index is 0.119. The largest absolute Gasteiger partial charge is 0.359 e. The lowest BCUT2D eigenvalue weighted by atomic mass is 9.91. The first-order chi connectivity index (χ1) is 8.54. The molecule has 2 N–H and O–H groups in total. The van der Waals surface area contributed by atoms with Gasteiger partial charge in [-0.05, 0) is 39.7 Å². The topological polar surface area (TPSA) is 44.4 Å². The van der Waals surface area contributed by atoms with Crippen LogP contribution in [-0.2, 0) is 4.79 Å². The first-order valence-corrected chi connectivity index (χ1v) is 7.24. The highest BCUT2D eigenvalue weighted by molar-refractivity contribution is 5.81. The predicted octanol–water partition coefficient (Wildman–Crippen LogP) is 0.975. The fourth-order valence-electron chi connectivity index (χ4n) is 3.29. The van der Waals surface area contributed by atoms with Gasteiger partial charge in [0.1, 0.15) is 0 Å². The summed E-state index contributed by atoms with van der Waals surface area (Å²) < 4.78 is 0. The van der Waals surface area contributed by atoms with Crippen molar-refractivity contribution in [3.63, 3.8) is 0 Å². The Balaban J connectivity index is 1.85. The van der Waals surface area contributed by atoms with E-state index in [4.69, 9.17) is 0 Å². The molecule has 2 saturated heterocycles. The molecule has 2 aliphatic rings. The lowest BCUT2D eigenvalue weighted by Crippen LogP contribution is -2.49. The number of fused-ring (bicyclic) bond motifs is 1. The SMILES string of the molecule is CNC(=O)C(C)(C)CNC1CCN2CCCCC12. The fraction of sp³-hybridized carbons (Fsp3) is 0.929. The van der Waals surface area contributed by atoms with Gasteiger partial charge in [-0.25, -0.2) is 0 Å². The predicted molar refractivity (Wildman–Crippen MR) is 73.5 cm³/mol. The summed E-state index contributed by atoms with van der Waals surface area (Å²) in [6.07, 6.45) is 5.26. The lowest BCUT2D eigenvalue weighted by molar-refractivity contribution is -0.128. The Morgan fingerprint density at radius 1 is 1.28 bits per heavy atom. The lowest BCUT2D eigenvalue weighted by Gasteiger charge is -2.34. The van der Waals surface area contributed by atoms with Crippen LogP contribution in [0.4, 0.5) is 0 Å². The Morgan fingerprint density at radius 2 is 2.06 bits per heavy atom. The first-order valence-electron chi connectivity index (χ1n) is 7.24. The molecule has 0 aromatic carbocycles. The summed E-state index contributed by atoms with van der Waals surface area (Å²) in [7, 11) is 1.71. The highest BCUT2D eigenvalue weighted by Crippen LogP contribution is 2.27. The fourth-order valence-corrected chi connectivity index (χ4v) is 3.29. The Hall–Kier alpha value is -0.610. The number of nitrogens with one attached hydrogen (secondary N) is 2. The molecule has 0 aromatic heterocycles. The smallest absolute Gasteiger partial charge is 0.226 e. The van der Waals surface area contributed by atoms with Gasteiger partial charge in [-0.1, -0.05) is 6.42 Å². The van der Waals surface area contributed by atoms with E-state index in [-0.39, 0.29) is 11.3 Å². The minimum Gasteiger partial charge on any atom is -0.359 e. The van der Waals surface area contributed by atoms with Crippen LogP contribution in [0.15, 0.2) is 0 Å². The molecule has 2 rings (SSSR count). The third-order valence-corrected chi connectivity index (χ3v) is 4.50. The molecule has 2 atom stereocenters. The normalized spacial score (nSPS) is 29.1. The molecular weight excluding hydrogens is 226 g/mol. The zero-order valence-electron chi connectivity index (χ0n) is 12.0. The first kappa shape index (κ1) is 13.8. The average Bonchev–Trinajstić information content (AvgIpc) is 2.78. The summed E-state index contributed by atoms with van der Waals surface area (Å²) in [5.74, 6) is 0.119. The van der Waals surface area contributed by atoms with Gasteiger partial charge in [-0.2, -0.15) is 0 Å². The minimum atomic E-state index is -0.323. The summed E-state index contributed by atoms with van der Waals surface area (Å²) in [6, 6.07) is 1.29. The maximum absolute atomic E-state index is 11.8. The summed E-state index contributed by atoms with van der Waals surface area (Å²) in [6.45, 7) is 7.27. The molecular formula is C14H27N3O. The number of piperidine rings is 1. The van der Waals surface area contributed by atoms with Gasteiger partial charge in [0.25, 0.3) is 0 Å². The van der Waals surface area contributed by atoms with Crippen molar-refractivity contribution in [1.82, 2.24) is 15.5 Å². The van der Waals surface area contributed by atoms with Gasteiger partial charge in [-0.3, -0.25) is 9.69 Å². The quantitative estimate of drug-likeness (QED) is 0.785. The Morgan fingerprint density at radius 3 is 2.78 bits per heavy atom. The number of nitrogens with zero attached hydrogens (tertiary/aromatic N) is 1. The van der Waals surface area contributed by atoms with E-state index in [1.54, 1.807) is 7.05 Å². The van der Waals surface area contributed by atoms with Crippen molar-refractivity contribution in [3.8, 4) is 0 Å². The van der Waals surface area contributed by atoms with E-state index in [9.17, 15) is 4.79 Å². The second kappa shape index (κ2) is 5.57. The molecule has 2 heterocycles. The van der Waals surface area contributed by atoms with Crippen LogP contribution in [0.5, 0.6) is 0 Å². The van der Waals surface area contributed by atoms with Crippen molar-refractivity contribution in [3.05, 3.63) is 0 Å². The standard InChI is InChI=1S/C14H27N3O/c1-14(2,13(18)15-3)10-16-11-7-9-17-8-5-4-6-12(11)17/h11-12,16H,4-10H2,1-3H3,(H,15,18). The van der Waals surface area contributed by atoms with E-state index >= 15 is 0 Å². The van der Waals surface area contributed by atoms with Crippen LogP contribution in [0.3, 0.4) is 0 Å². The van der Waals surface area contributed by atoms with Gasteiger partial charge in [0.05, 0.1) is 5.41 Å². The highest BCUT2D eigenvalue weighted by Gasteiger charge is 2.36. The Kier molecular flexibility index (Phi) is 4.28. The van der Waals surface area contributed by atoms with Crippen LogP contribution in [0.1, 0.15) is 39.5 Å². The third-order valence-electron chi connectivity index (χ3n) is 4.50. The van der Waals surface area contributed by atoms with Crippen molar-refractivity contribution in [2.75, 3.05) is 26.7 Å². The molecule has 0 radical (unpaired) electrons. The number of amides is 1. The van der Waals surface area contributed by atoms with Crippen molar-refractivity contribution >= 4 is 5.91 Å². The Bertz CT molecular complexity index is 303. The maximum atomic E-state index is 11.8. The van der Waals surface area contributed by atoms with E-state index in [0.717, 1.165) is 6.54 Å². The van der Waals surface area contributed by atoms with Crippen molar-refractivity contribution < 1.29 is 4.79 Å². The average molecular weight is 253 g/mol. The van der Waals surface area contributed by atoms with Gasteiger partial charge < -0.3 is 10.6 Å². The molecule has 2 fully saturated rings. The number of hydrogen-bond donors (Lipinski definition) is 2. The molecule has 4 nitrogen and oxygen atoms in total. The molecule has 0 bridgehead atoms. The van der Waals surface area contributed by atoms with Crippen LogP contribution in [0, 0.1) is 5.41 Å². The number of hydrogen-bond acceptors (Lipinski definition) is 3. The second-order valence-corrected chi connectivity index (χ2v) is 6.34. The molecule has 0 aromatic rings. The Labute approximate surface area is 110 Å².